The molecule has 3 saturated heterocycles. The number of aromatic nitrogens is 1. The van der Waals surface area contributed by atoms with Crippen LogP contribution in [0.2, 0.25) is 0 Å². The van der Waals surface area contributed by atoms with Gasteiger partial charge in [0, 0.05) is 37.9 Å². The van der Waals surface area contributed by atoms with Crippen molar-refractivity contribution in [2.24, 2.45) is 5.41 Å². The normalized spacial score (nSPS) is 24.1. The van der Waals surface area contributed by atoms with Gasteiger partial charge in [-0.15, -0.1) is 0 Å². The van der Waals surface area contributed by atoms with Crippen molar-refractivity contribution in [3.63, 3.8) is 0 Å². The minimum atomic E-state index is -0.290. The summed E-state index contributed by atoms with van der Waals surface area (Å²) in [4.78, 5) is 39.1. The number of likely N-dealkylation sites (tertiary alicyclic amines) is 3. The third-order valence-electron chi connectivity index (χ3n) is 9.85. The third kappa shape index (κ3) is 4.68. The highest BCUT2D eigenvalue weighted by atomic mass is 16.2. The highest BCUT2D eigenvalue weighted by Crippen LogP contribution is 2.44. The molecule has 2 atom stereocenters. The number of carbonyl (C=O) groups is 2. The second-order valence-corrected chi connectivity index (χ2v) is 12.4. The van der Waals surface area contributed by atoms with Gasteiger partial charge in [0.15, 0.2) is 0 Å². The maximum Gasteiger partial charge on any atom is 0.255 e. The average Bonchev–Trinajstić information content (AvgIpc) is 3.23. The van der Waals surface area contributed by atoms with Crippen LogP contribution in [0.4, 0.5) is 0 Å². The fourth-order valence-electron chi connectivity index (χ4n) is 7.82. The predicted molar refractivity (Wildman–Crippen MR) is 162 cm³/mol. The summed E-state index contributed by atoms with van der Waals surface area (Å²) in [5.74, 6) is 0.437. The molecule has 1 spiro atoms. The van der Waals surface area contributed by atoms with Crippen molar-refractivity contribution in [2.75, 3.05) is 26.2 Å². The fourth-order valence-corrected chi connectivity index (χ4v) is 7.82. The van der Waals surface area contributed by atoms with Gasteiger partial charge in [-0.25, -0.2) is 0 Å². The van der Waals surface area contributed by atoms with E-state index in [1.807, 2.05) is 42.5 Å². The SMILES string of the molecule is CC1CC2(CCCN(C3CCN(C(=O)c4c5ccccc5cc5ccccc45)CC3)C2)C(=O)N1Cc1ccccn1. The van der Waals surface area contributed by atoms with E-state index in [0.717, 1.165) is 91.1 Å². The molecular weight excluding hydrogens is 508 g/mol. The Morgan fingerprint density at radius 2 is 1.61 bits per heavy atom. The lowest BCUT2D eigenvalue weighted by atomic mass is 9.76. The van der Waals surface area contributed by atoms with Crippen molar-refractivity contribution < 1.29 is 9.59 Å². The van der Waals surface area contributed by atoms with Crippen LogP contribution in [-0.2, 0) is 11.3 Å². The van der Waals surface area contributed by atoms with Crippen molar-refractivity contribution in [1.82, 2.24) is 19.7 Å². The molecular formula is C35H38N4O2. The topological polar surface area (TPSA) is 56.8 Å². The Hall–Kier alpha value is -3.77. The average molecular weight is 547 g/mol. The molecule has 0 aliphatic carbocycles. The van der Waals surface area contributed by atoms with Crippen LogP contribution in [0.3, 0.4) is 0 Å². The van der Waals surface area contributed by atoms with Crippen molar-refractivity contribution >= 4 is 33.4 Å². The van der Waals surface area contributed by atoms with Gasteiger partial charge in [-0.2, -0.15) is 0 Å². The summed E-state index contributed by atoms with van der Waals surface area (Å²) in [6, 6.07) is 25.2. The van der Waals surface area contributed by atoms with Crippen LogP contribution in [0.1, 0.15) is 55.1 Å². The zero-order valence-electron chi connectivity index (χ0n) is 23.8. The molecule has 3 fully saturated rings. The first-order valence-electron chi connectivity index (χ1n) is 15.2. The third-order valence-corrected chi connectivity index (χ3v) is 9.85. The molecule has 210 valence electrons. The van der Waals surface area contributed by atoms with Gasteiger partial charge in [0.2, 0.25) is 5.91 Å². The Bertz CT molecular complexity index is 1540. The van der Waals surface area contributed by atoms with Crippen molar-refractivity contribution in [3.05, 3.63) is 90.3 Å². The summed E-state index contributed by atoms with van der Waals surface area (Å²) >= 11 is 0. The van der Waals surface area contributed by atoms with Crippen LogP contribution in [0.15, 0.2) is 79.0 Å². The molecule has 41 heavy (non-hydrogen) atoms. The molecule has 3 aliphatic heterocycles. The standard InChI is InChI=1S/C35H38N4O2/c1-25-22-35(34(41)39(25)23-28-11-6-7-17-36-28)16-8-18-38(24-35)29-14-19-37(20-15-29)33(40)32-30-12-4-2-9-26(30)21-27-10-3-5-13-31(27)32/h2-7,9-13,17,21,25,29H,8,14-16,18-20,22-24H2,1H3. The molecule has 1 aromatic heterocycles. The van der Waals surface area contributed by atoms with E-state index in [4.69, 9.17) is 0 Å². The number of piperidine rings is 2. The number of pyridine rings is 1. The van der Waals surface area contributed by atoms with Crippen LogP contribution in [0.25, 0.3) is 21.5 Å². The Morgan fingerprint density at radius 3 is 2.29 bits per heavy atom. The van der Waals surface area contributed by atoms with Gasteiger partial charge in [0.1, 0.15) is 0 Å². The van der Waals surface area contributed by atoms with E-state index < -0.39 is 0 Å². The zero-order chi connectivity index (χ0) is 28.0. The van der Waals surface area contributed by atoms with Gasteiger partial charge < -0.3 is 9.80 Å². The zero-order valence-corrected chi connectivity index (χ0v) is 23.8. The molecule has 3 aliphatic rings. The van der Waals surface area contributed by atoms with Crippen LogP contribution in [-0.4, -0.2) is 69.8 Å². The smallest absolute Gasteiger partial charge is 0.255 e. The highest BCUT2D eigenvalue weighted by molar-refractivity contribution is 6.18. The number of fused-ring (bicyclic) bond motifs is 2. The monoisotopic (exact) mass is 546 g/mol. The minimum Gasteiger partial charge on any atom is -0.338 e. The van der Waals surface area contributed by atoms with E-state index in [0.29, 0.717) is 18.5 Å². The summed E-state index contributed by atoms with van der Waals surface area (Å²) in [6.07, 6.45) is 6.64. The Balaban J connectivity index is 1.05. The number of amides is 2. The maximum absolute atomic E-state index is 14.0. The van der Waals surface area contributed by atoms with E-state index in [1.54, 1.807) is 6.20 Å². The molecule has 4 aromatic rings. The number of nitrogens with zero attached hydrogens (tertiary/aromatic N) is 4. The van der Waals surface area contributed by atoms with E-state index in [1.165, 1.54) is 0 Å². The molecule has 2 amide bonds. The van der Waals surface area contributed by atoms with E-state index in [-0.39, 0.29) is 17.4 Å². The first-order chi connectivity index (χ1) is 20.0. The number of carbonyl (C=O) groups excluding carboxylic acids is 2. The van der Waals surface area contributed by atoms with Gasteiger partial charge in [-0.3, -0.25) is 19.5 Å². The molecule has 0 saturated carbocycles. The lowest BCUT2D eigenvalue weighted by Gasteiger charge is -2.45. The number of hydrogen-bond acceptors (Lipinski definition) is 4. The van der Waals surface area contributed by atoms with Crippen LogP contribution >= 0.6 is 0 Å². The second kappa shape index (κ2) is 10.6. The number of rotatable bonds is 4. The van der Waals surface area contributed by atoms with Crippen molar-refractivity contribution in [2.45, 2.75) is 57.7 Å². The van der Waals surface area contributed by atoms with Crippen LogP contribution in [0.5, 0.6) is 0 Å². The summed E-state index contributed by atoms with van der Waals surface area (Å²) < 4.78 is 0. The predicted octanol–water partition coefficient (Wildman–Crippen LogP) is 5.90. The van der Waals surface area contributed by atoms with Crippen LogP contribution in [0, 0.1) is 5.41 Å². The molecule has 0 bridgehead atoms. The van der Waals surface area contributed by atoms with Crippen molar-refractivity contribution in [3.8, 4) is 0 Å². The lowest BCUT2D eigenvalue weighted by Crippen LogP contribution is -2.54. The van der Waals surface area contributed by atoms with Crippen molar-refractivity contribution in [1.29, 1.82) is 0 Å². The summed E-state index contributed by atoms with van der Waals surface area (Å²) in [7, 11) is 0. The summed E-state index contributed by atoms with van der Waals surface area (Å²) in [5, 5.41) is 4.27. The molecule has 6 nitrogen and oxygen atoms in total. The fraction of sp³-hybridized carbons (Fsp3) is 0.400. The molecule has 7 rings (SSSR count). The van der Waals surface area contributed by atoms with Crippen LogP contribution < -0.4 is 0 Å². The molecule has 0 radical (unpaired) electrons. The van der Waals surface area contributed by atoms with E-state index >= 15 is 0 Å². The first-order valence-corrected chi connectivity index (χ1v) is 15.2. The van der Waals surface area contributed by atoms with Gasteiger partial charge >= 0.3 is 0 Å². The summed E-state index contributed by atoms with van der Waals surface area (Å²) in [5.41, 5.74) is 1.49. The Kier molecular flexibility index (Phi) is 6.74. The van der Waals surface area contributed by atoms with Gasteiger partial charge in [-0.1, -0.05) is 54.6 Å². The Labute approximate surface area is 241 Å². The molecule has 3 aromatic carbocycles. The maximum atomic E-state index is 14.0. The molecule has 6 heteroatoms. The molecule has 4 heterocycles. The molecule has 0 N–H and O–H groups in total. The quantitative estimate of drug-likeness (QED) is 0.299. The number of hydrogen-bond donors (Lipinski definition) is 0. The second-order valence-electron chi connectivity index (χ2n) is 12.4. The van der Waals surface area contributed by atoms with E-state index in [9.17, 15) is 9.59 Å². The summed E-state index contributed by atoms with van der Waals surface area (Å²) in [6.45, 7) is 6.15. The van der Waals surface area contributed by atoms with Gasteiger partial charge in [0.05, 0.1) is 23.2 Å². The van der Waals surface area contributed by atoms with E-state index in [2.05, 4.69) is 56.9 Å². The Morgan fingerprint density at radius 1 is 0.927 bits per heavy atom. The minimum absolute atomic E-state index is 0.136. The first kappa shape index (κ1) is 26.1. The highest BCUT2D eigenvalue weighted by Gasteiger charge is 2.52. The van der Waals surface area contributed by atoms with Gasteiger partial charge in [0.25, 0.3) is 5.91 Å². The van der Waals surface area contributed by atoms with Gasteiger partial charge in [-0.05, 0) is 85.3 Å². The number of benzene rings is 3. The molecule has 2 unspecified atom stereocenters. The largest absolute Gasteiger partial charge is 0.338 e. The lowest BCUT2D eigenvalue weighted by molar-refractivity contribution is -0.140.